The summed E-state index contributed by atoms with van der Waals surface area (Å²) in [6.07, 6.45) is -0.708. The van der Waals surface area contributed by atoms with E-state index in [-0.39, 0.29) is 23.9 Å². The van der Waals surface area contributed by atoms with E-state index in [1.807, 2.05) is 6.92 Å². The normalized spacial score (nSPS) is 45.3. The second-order valence-electron chi connectivity index (χ2n) is 3.28. The molecule has 0 aliphatic carbocycles. The van der Waals surface area contributed by atoms with Crippen LogP contribution in [-0.4, -0.2) is 23.3 Å². The Morgan fingerprint density at radius 3 is 2.45 bits per heavy atom. The number of aliphatic hydroxyl groups excluding tert-OH is 1. The van der Waals surface area contributed by atoms with Gasteiger partial charge in [-0.2, -0.15) is 0 Å². The third-order valence-electron chi connectivity index (χ3n) is 2.47. The van der Waals surface area contributed by atoms with E-state index < -0.39 is 6.10 Å². The molecule has 0 saturated carbocycles. The molecule has 1 fully saturated rings. The Morgan fingerprint density at radius 2 is 1.91 bits per heavy atom. The second kappa shape index (κ2) is 2.81. The van der Waals surface area contributed by atoms with E-state index >= 15 is 0 Å². The van der Waals surface area contributed by atoms with Crippen molar-refractivity contribution in [2.75, 3.05) is 0 Å². The smallest absolute Gasteiger partial charge is 0.311 e. The predicted octanol–water partition coefficient (Wildman–Crippen LogP) is 0.565. The van der Waals surface area contributed by atoms with Crippen molar-refractivity contribution in [2.24, 2.45) is 11.8 Å². The lowest BCUT2D eigenvalue weighted by Gasteiger charge is -2.34. The number of ether oxygens (including phenoxy) is 1. The third-order valence-corrected chi connectivity index (χ3v) is 2.47. The van der Waals surface area contributed by atoms with Crippen LogP contribution in [-0.2, 0) is 9.53 Å². The van der Waals surface area contributed by atoms with Gasteiger partial charge in [-0.1, -0.05) is 6.92 Å². The molecule has 0 unspecified atom stereocenters. The summed E-state index contributed by atoms with van der Waals surface area (Å²) >= 11 is 0. The topological polar surface area (TPSA) is 46.5 Å². The highest BCUT2D eigenvalue weighted by atomic mass is 16.5. The average molecular weight is 158 g/mol. The number of carbonyl (C=O) groups excluding carboxylic acids is 1. The Labute approximate surface area is 66.4 Å². The van der Waals surface area contributed by atoms with Gasteiger partial charge in [-0.3, -0.25) is 4.79 Å². The molecule has 11 heavy (non-hydrogen) atoms. The van der Waals surface area contributed by atoms with Crippen LogP contribution in [0, 0.1) is 11.8 Å². The largest absolute Gasteiger partial charge is 0.462 e. The highest BCUT2D eigenvalue weighted by Gasteiger charge is 2.37. The standard InChI is InChI=1S/C8H14O3/c1-4-6(3)11-8(10)5(2)7(4)9/h4-7,9H,1-3H3/t4-,5+,6+,7-/m0/s1. The van der Waals surface area contributed by atoms with E-state index in [0.717, 1.165) is 0 Å². The van der Waals surface area contributed by atoms with Gasteiger partial charge in [-0.15, -0.1) is 0 Å². The lowest BCUT2D eigenvalue weighted by Crippen LogP contribution is -2.45. The van der Waals surface area contributed by atoms with E-state index in [1.54, 1.807) is 13.8 Å². The zero-order valence-electron chi connectivity index (χ0n) is 7.07. The van der Waals surface area contributed by atoms with Crippen molar-refractivity contribution in [3.8, 4) is 0 Å². The lowest BCUT2D eigenvalue weighted by molar-refractivity contribution is -0.175. The minimum atomic E-state index is -0.550. The lowest BCUT2D eigenvalue weighted by atomic mass is 9.87. The van der Waals surface area contributed by atoms with Crippen LogP contribution in [0.3, 0.4) is 0 Å². The molecule has 0 amide bonds. The van der Waals surface area contributed by atoms with Crippen LogP contribution in [0.5, 0.6) is 0 Å². The van der Waals surface area contributed by atoms with Crippen LogP contribution < -0.4 is 0 Å². The van der Waals surface area contributed by atoms with Gasteiger partial charge >= 0.3 is 5.97 Å². The van der Waals surface area contributed by atoms with Crippen LogP contribution in [0.15, 0.2) is 0 Å². The number of hydrogen-bond donors (Lipinski definition) is 1. The molecule has 1 rings (SSSR count). The van der Waals surface area contributed by atoms with Gasteiger partial charge in [0.25, 0.3) is 0 Å². The first-order valence-electron chi connectivity index (χ1n) is 3.92. The average Bonchev–Trinajstić information content (AvgIpc) is 1.97. The first-order chi connectivity index (χ1) is 5.04. The number of rotatable bonds is 0. The minimum absolute atomic E-state index is 0.0442. The fourth-order valence-electron chi connectivity index (χ4n) is 1.27. The Bertz CT molecular complexity index is 167. The van der Waals surface area contributed by atoms with E-state index in [9.17, 15) is 9.90 Å². The first kappa shape index (κ1) is 8.53. The number of aliphatic hydroxyl groups is 1. The van der Waals surface area contributed by atoms with Gasteiger partial charge in [0.05, 0.1) is 12.0 Å². The molecule has 1 N–H and O–H groups in total. The molecule has 4 atom stereocenters. The van der Waals surface area contributed by atoms with Gasteiger partial charge in [0.15, 0.2) is 0 Å². The summed E-state index contributed by atoms with van der Waals surface area (Å²) in [4.78, 5) is 11.0. The minimum Gasteiger partial charge on any atom is -0.462 e. The van der Waals surface area contributed by atoms with Crippen molar-refractivity contribution in [3.63, 3.8) is 0 Å². The molecule has 1 saturated heterocycles. The van der Waals surface area contributed by atoms with Crippen molar-refractivity contribution in [2.45, 2.75) is 33.0 Å². The van der Waals surface area contributed by atoms with Gasteiger partial charge in [0.2, 0.25) is 0 Å². The molecule has 1 heterocycles. The maximum absolute atomic E-state index is 11.0. The summed E-state index contributed by atoms with van der Waals surface area (Å²) in [6, 6.07) is 0. The molecule has 3 nitrogen and oxygen atoms in total. The van der Waals surface area contributed by atoms with Gasteiger partial charge in [0.1, 0.15) is 6.10 Å². The van der Waals surface area contributed by atoms with Crippen LogP contribution in [0.1, 0.15) is 20.8 Å². The SMILES string of the molecule is C[C@@H]1[C@H](O)[C@@H](C)C(=O)O[C@@H]1C. The summed E-state index contributed by atoms with van der Waals surface area (Å²) in [5, 5.41) is 9.49. The van der Waals surface area contributed by atoms with Crippen LogP contribution >= 0.6 is 0 Å². The molecule has 0 bridgehead atoms. The Morgan fingerprint density at radius 1 is 1.36 bits per heavy atom. The summed E-state index contributed by atoms with van der Waals surface area (Å²) < 4.78 is 4.98. The summed E-state index contributed by atoms with van der Waals surface area (Å²) in [5.74, 6) is -0.619. The quantitative estimate of drug-likeness (QED) is 0.524. The van der Waals surface area contributed by atoms with E-state index in [4.69, 9.17) is 4.74 Å². The number of carbonyl (C=O) groups is 1. The van der Waals surface area contributed by atoms with E-state index in [0.29, 0.717) is 0 Å². The monoisotopic (exact) mass is 158 g/mol. The number of hydrogen-bond acceptors (Lipinski definition) is 3. The maximum atomic E-state index is 11.0. The molecule has 0 radical (unpaired) electrons. The Balaban J connectivity index is 2.70. The zero-order valence-corrected chi connectivity index (χ0v) is 7.07. The van der Waals surface area contributed by atoms with Gasteiger partial charge in [0, 0.05) is 5.92 Å². The molecular weight excluding hydrogens is 144 g/mol. The Kier molecular flexibility index (Phi) is 2.18. The molecule has 1 aliphatic rings. The highest BCUT2D eigenvalue weighted by molar-refractivity contribution is 5.73. The van der Waals surface area contributed by atoms with Crippen molar-refractivity contribution < 1.29 is 14.6 Å². The Hall–Kier alpha value is -0.570. The van der Waals surface area contributed by atoms with Crippen LogP contribution in [0.4, 0.5) is 0 Å². The van der Waals surface area contributed by atoms with E-state index in [2.05, 4.69) is 0 Å². The van der Waals surface area contributed by atoms with Crippen molar-refractivity contribution in [1.29, 1.82) is 0 Å². The molecule has 0 aromatic heterocycles. The number of esters is 1. The number of cyclic esters (lactones) is 1. The molecule has 64 valence electrons. The summed E-state index contributed by atoms with van der Waals surface area (Å²) in [5.41, 5.74) is 0. The fraction of sp³-hybridized carbons (Fsp3) is 0.875. The van der Waals surface area contributed by atoms with Crippen LogP contribution in [0.25, 0.3) is 0 Å². The summed E-state index contributed by atoms with van der Waals surface area (Å²) in [6.45, 7) is 5.38. The molecule has 0 spiro atoms. The van der Waals surface area contributed by atoms with Gasteiger partial charge in [-0.05, 0) is 13.8 Å². The first-order valence-corrected chi connectivity index (χ1v) is 3.92. The maximum Gasteiger partial charge on any atom is 0.311 e. The zero-order chi connectivity index (χ0) is 8.59. The fourth-order valence-corrected chi connectivity index (χ4v) is 1.27. The molecule has 0 aromatic rings. The van der Waals surface area contributed by atoms with Gasteiger partial charge < -0.3 is 9.84 Å². The molecule has 3 heteroatoms. The van der Waals surface area contributed by atoms with Crippen molar-refractivity contribution in [1.82, 2.24) is 0 Å². The third kappa shape index (κ3) is 1.38. The van der Waals surface area contributed by atoms with Crippen molar-refractivity contribution >= 4 is 5.97 Å². The van der Waals surface area contributed by atoms with Crippen molar-refractivity contribution in [3.05, 3.63) is 0 Å². The summed E-state index contributed by atoms with van der Waals surface area (Å²) in [7, 11) is 0. The van der Waals surface area contributed by atoms with E-state index in [1.165, 1.54) is 0 Å². The predicted molar refractivity (Wildman–Crippen MR) is 39.9 cm³/mol. The second-order valence-corrected chi connectivity index (χ2v) is 3.28. The highest BCUT2D eigenvalue weighted by Crippen LogP contribution is 2.25. The van der Waals surface area contributed by atoms with Crippen LogP contribution in [0.2, 0.25) is 0 Å². The molecule has 1 aliphatic heterocycles. The molecule has 0 aromatic carbocycles. The van der Waals surface area contributed by atoms with Gasteiger partial charge in [-0.25, -0.2) is 0 Å². The molecular formula is C8H14O3.